The smallest absolute Gasteiger partial charge is 0.127 e. The normalized spacial score (nSPS) is 12.4. The van der Waals surface area contributed by atoms with E-state index in [1.807, 2.05) is 30.3 Å². The number of rotatable bonds is 6. The van der Waals surface area contributed by atoms with Gasteiger partial charge in [0, 0.05) is 25.6 Å². The van der Waals surface area contributed by atoms with Crippen LogP contribution in [-0.4, -0.2) is 11.8 Å². The fraction of sp³-hybridized carbons (Fsp3) is 0.200. The topological polar surface area (TPSA) is 38.0 Å². The molecule has 6 heteroatoms. The molecule has 2 rings (SSSR count). The van der Waals surface area contributed by atoms with Crippen LogP contribution in [0.15, 0.2) is 56.3 Å². The fourth-order valence-corrected chi connectivity index (χ4v) is 3.81. The minimum absolute atomic E-state index is 0.00205. The molecule has 2 nitrogen and oxygen atoms in total. The predicted molar refractivity (Wildman–Crippen MR) is 93.8 cm³/mol. The highest BCUT2D eigenvalue weighted by Crippen LogP contribution is 2.28. The lowest BCUT2D eigenvalue weighted by atomic mass is 10.1. The molecule has 2 aromatic rings. The molecule has 0 aromatic heterocycles. The Morgan fingerprint density at radius 2 is 1.95 bits per heavy atom. The van der Waals surface area contributed by atoms with Crippen LogP contribution < -0.4 is 11.3 Å². The Kier molecular flexibility index (Phi) is 6.70. The molecule has 0 heterocycles. The van der Waals surface area contributed by atoms with Crippen LogP contribution in [-0.2, 0) is 6.42 Å². The molecule has 0 amide bonds. The first-order valence-corrected chi connectivity index (χ1v) is 8.94. The quantitative estimate of drug-likeness (QED) is 0.399. The monoisotopic (exact) mass is 432 g/mol. The van der Waals surface area contributed by atoms with Crippen LogP contribution in [0.25, 0.3) is 0 Å². The fourth-order valence-electron chi connectivity index (χ4n) is 1.87. The Bertz CT molecular complexity index is 610. The number of hydrogen-bond acceptors (Lipinski definition) is 3. The summed E-state index contributed by atoms with van der Waals surface area (Å²) in [6.07, 6.45) is 0.549. The standard InChI is InChI=1S/C15H15Br2FN2S/c16-11-6-5-10(14(18)8-11)7-12(20-19)9-21-15-4-2-1-3-13(15)17/h1-6,8,12,20H,7,9,19H2. The molecule has 1 unspecified atom stereocenters. The molecule has 0 saturated carbocycles. The second-order valence-corrected chi connectivity index (χ2v) is 7.38. The first kappa shape index (κ1) is 17.0. The highest BCUT2D eigenvalue weighted by Gasteiger charge is 2.12. The van der Waals surface area contributed by atoms with Crippen LogP contribution in [0, 0.1) is 5.82 Å². The molecule has 3 N–H and O–H groups in total. The lowest BCUT2D eigenvalue weighted by molar-refractivity contribution is 0.546. The summed E-state index contributed by atoms with van der Waals surface area (Å²) in [5.74, 6) is 6.14. The summed E-state index contributed by atoms with van der Waals surface area (Å²) in [7, 11) is 0. The van der Waals surface area contributed by atoms with Crippen molar-refractivity contribution in [3.63, 3.8) is 0 Å². The third kappa shape index (κ3) is 5.07. The van der Waals surface area contributed by atoms with E-state index in [1.165, 1.54) is 6.07 Å². The van der Waals surface area contributed by atoms with Gasteiger partial charge in [-0.05, 0) is 52.2 Å². The molecule has 0 fully saturated rings. The average molecular weight is 434 g/mol. The van der Waals surface area contributed by atoms with Crippen LogP contribution in [0.1, 0.15) is 5.56 Å². The zero-order valence-electron chi connectivity index (χ0n) is 11.2. The molecule has 0 radical (unpaired) electrons. The van der Waals surface area contributed by atoms with Gasteiger partial charge in [-0.3, -0.25) is 11.3 Å². The summed E-state index contributed by atoms with van der Waals surface area (Å²) < 4.78 is 15.7. The Morgan fingerprint density at radius 3 is 2.62 bits per heavy atom. The average Bonchev–Trinajstić information content (AvgIpc) is 2.47. The zero-order chi connectivity index (χ0) is 15.2. The van der Waals surface area contributed by atoms with Gasteiger partial charge in [0.15, 0.2) is 0 Å². The number of nitrogens with two attached hydrogens (primary N) is 1. The molecule has 0 aliphatic heterocycles. The first-order valence-electron chi connectivity index (χ1n) is 6.37. The van der Waals surface area contributed by atoms with Crippen molar-refractivity contribution in [2.75, 3.05) is 5.75 Å². The minimum atomic E-state index is -0.212. The van der Waals surface area contributed by atoms with Gasteiger partial charge in [-0.25, -0.2) is 4.39 Å². The van der Waals surface area contributed by atoms with E-state index >= 15 is 0 Å². The largest absolute Gasteiger partial charge is 0.271 e. The van der Waals surface area contributed by atoms with E-state index < -0.39 is 0 Å². The van der Waals surface area contributed by atoms with E-state index in [1.54, 1.807) is 17.8 Å². The van der Waals surface area contributed by atoms with Gasteiger partial charge in [-0.2, -0.15) is 0 Å². The van der Waals surface area contributed by atoms with Crippen molar-refractivity contribution in [1.29, 1.82) is 0 Å². The Labute approximate surface area is 144 Å². The van der Waals surface area contributed by atoms with Crippen LogP contribution in [0.4, 0.5) is 4.39 Å². The maximum Gasteiger partial charge on any atom is 0.127 e. The molecule has 2 aromatic carbocycles. The van der Waals surface area contributed by atoms with Gasteiger partial charge >= 0.3 is 0 Å². The van der Waals surface area contributed by atoms with Crippen LogP contribution in [0.5, 0.6) is 0 Å². The van der Waals surface area contributed by atoms with Crippen molar-refractivity contribution in [2.24, 2.45) is 5.84 Å². The lowest BCUT2D eigenvalue weighted by Crippen LogP contribution is -2.38. The Balaban J connectivity index is 1.99. The highest BCUT2D eigenvalue weighted by atomic mass is 79.9. The SMILES string of the molecule is NNC(CSc1ccccc1Br)Cc1ccc(Br)cc1F. The van der Waals surface area contributed by atoms with E-state index in [2.05, 4.69) is 37.3 Å². The summed E-state index contributed by atoms with van der Waals surface area (Å²) in [6.45, 7) is 0. The van der Waals surface area contributed by atoms with E-state index in [-0.39, 0.29) is 11.9 Å². The molecule has 0 aliphatic carbocycles. The number of halogens is 3. The van der Waals surface area contributed by atoms with E-state index in [0.717, 1.165) is 19.6 Å². The second kappa shape index (κ2) is 8.29. The predicted octanol–water partition coefficient (Wildman–Crippen LogP) is 4.52. The van der Waals surface area contributed by atoms with Crippen molar-refractivity contribution in [1.82, 2.24) is 5.43 Å². The van der Waals surface area contributed by atoms with Gasteiger partial charge in [-0.1, -0.05) is 34.1 Å². The molecule has 0 bridgehead atoms. The lowest BCUT2D eigenvalue weighted by Gasteiger charge is -2.16. The Hall–Kier alpha value is -0.400. The van der Waals surface area contributed by atoms with Crippen LogP contribution in [0.2, 0.25) is 0 Å². The van der Waals surface area contributed by atoms with Crippen molar-refractivity contribution in [3.8, 4) is 0 Å². The second-order valence-electron chi connectivity index (χ2n) is 4.54. The maximum atomic E-state index is 13.9. The summed E-state index contributed by atoms with van der Waals surface area (Å²) in [5, 5.41) is 0. The summed E-state index contributed by atoms with van der Waals surface area (Å²) >= 11 is 8.46. The van der Waals surface area contributed by atoms with Gasteiger partial charge in [0.2, 0.25) is 0 Å². The zero-order valence-corrected chi connectivity index (χ0v) is 15.1. The third-order valence-corrected chi connectivity index (χ3v) is 5.68. The number of nitrogens with one attached hydrogen (secondary N) is 1. The minimum Gasteiger partial charge on any atom is -0.271 e. The maximum absolute atomic E-state index is 13.9. The van der Waals surface area contributed by atoms with Crippen molar-refractivity contribution in [3.05, 3.63) is 62.8 Å². The summed E-state index contributed by atoms with van der Waals surface area (Å²) in [6, 6.07) is 13.1. The number of hydrazine groups is 1. The first-order chi connectivity index (χ1) is 10.1. The third-order valence-electron chi connectivity index (χ3n) is 2.99. The molecule has 0 saturated heterocycles. The molecule has 0 aliphatic rings. The van der Waals surface area contributed by atoms with Gasteiger partial charge in [0.25, 0.3) is 0 Å². The van der Waals surface area contributed by atoms with Crippen LogP contribution in [0.3, 0.4) is 0 Å². The molecule has 21 heavy (non-hydrogen) atoms. The van der Waals surface area contributed by atoms with E-state index in [0.29, 0.717) is 12.0 Å². The molecule has 112 valence electrons. The van der Waals surface area contributed by atoms with Crippen molar-refractivity contribution >= 4 is 43.6 Å². The molecule has 1 atom stereocenters. The van der Waals surface area contributed by atoms with Crippen molar-refractivity contribution < 1.29 is 4.39 Å². The number of hydrogen-bond donors (Lipinski definition) is 2. The molecular weight excluding hydrogens is 419 g/mol. The van der Waals surface area contributed by atoms with E-state index in [9.17, 15) is 4.39 Å². The van der Waals surface area contributed by atoms with Gasteiger partial charge in [0.05, 0.1) is 0 Å². The summed E-state index contributed by atoms with van der Waals surface area (Å²) in [5.41, 5.74) is 3.43. The van der Waals surface area contributed by atoms with Gasteiger partial charge in [-0.15, -0.1) is 11.8 Å². The van der Waals surface area contributed by atoms with E-state index in [4.69, 9.17) is 5.84 Å². The number of thioether (sulfide) groups is 1. The summed E-state index contributed by atoms with van der Waals surface area (Å²) in [4.78, 5) is 1.15. The van der Waals surface area contributed by atoms with Gasteiger partial charge in [0.1, 0.15) is 5.82 Å². The van der Waals surface area contributed by atoms with Crippen molar-refractivity contribution in [2.45, 2.75) is 17.4 Å². The molecular formula is C15H15Br2FN2S. The molecule has 0 spiro atoms. The highest BCUT2D eigenvalue weighted by molar-refractivity contribution is 9.10. The van der Waals surface area contributed by atoms with Gasteiger partial charge < -0.3 is 0 Å². The van der Waals surface area contributed by atoms with Crippen LogP contribution >= 0.6 is 43.6 Å². The number of benzene rings is 2. The Morgan fingerprint density at radius 1 is 1.19 bits per heavy atom.